The number of fused-ring (bicyclic) bond motifs is 1. The van der Waals surface area contributed by atoms with Crippen molar-refractivity contribution in [3.8, 4) is 0 Å². The first-order valence-electron chi connectivity index (χ1n) is 9.33. The Morgan fingerprint density at radius 1 is 1.32 bits per heavy atom. The second-order valence-corrected chi connectivity index (χ2v) is 7.38. The molecule has 0 radical (unpaired) electrons. The van der Waals surface area contributed by atoms with Crippen molar-refractivity contribution in [2.75, 3.05) is 24.2 Å². The third kappa shape index (κ3) is 2.94. The second-order valence-electron chi connectivity index (χ2n) is 7.38. The fourth-order valence-electron chi connectivity index (χ4n) is 3.38. The first kappa shape index (κ1) is 18.2. The van der Waals surface area contributed by atoms with Gasteiger partial charge in [-0.05, 0) is 38.8 Å². The number of aliphatic hydroxyl groups is 1. The van der Waals surface area contributed by atoms with Gasteiger partial charge in [0.25, 0.3) is 5.69 Å². The number of nitrogens with two attached hydrogens (primary N) is 1. The molecular formula is C20H23N7O. The summed E-state index contributed by atoms with van der Waals surface area (Å²) in [5.74, 6) is 0.755. The van der Waals surface area contributed by atoms with Crippen LogP contribution in [0.2, 0.25) is 0 Å². The lowest BCUT2D eigenvalue weighted by Crippen LogP contribution is -2.16. The molecule has 4 N–H and O–H groups in total. The van der Waals surface area contributed by atoms with E-state index in [0.29, 0.717) is 24.4 Å². The Hall–Kier alpha value is -3.18. The Bertz CT molecular complexity index is 1090. The molecule has 1 saturated carbocycles. The van der Waals surface area contributed by atoms with E-state index >= 15 is 0 Å². The van der Waals surface area contributed by atoms with Gasteiger partial charge in [-0.2, -0.15) is 5.10 Å². The minimum absolute atomic E-state index is 0.140. The molecule has 3 aromatic heterocycles. The number of anilines is 2. The standard InChI is InChI=1S/C20H23N7O/c1-12-13(2)26-27-17(21)16(22-3)18(25-19(12)27)23-10-7-14-5-4-6-15(24-14)20(11-28)8-9-20/h4-6,28H,7-11,21H2,1-2H3,(H,23,25). The molecule has 3 heterocycles. The average Bonchev–Trinajstić information content (AvgIpc) is 3.45. The van der Waals surface area contributed by atoms with Gasteiger partial charge < -0.3 is 16.2 Å². The third-order valence-corrected chi connectivity index (χ3v) is 5.53. The molecule has 1 aliphatic rings. The number of aliphatic hydroxyl groups excluding tert-OH is 1. The number of nitrogens with zero attached hydrogens (tertiary/aromatic N) is 5. The van der Waals surface area contributed by atoms with E-state index in [4.69, 9.17) is 17.3 Å². The molecule has 144 valence electrons. The summed E-state index contributed by atoms with van der Waals surface area (Å²) >= 11 is 0. The molecule has 1 aliphatic carbocycles. The van der Waals surface area contributed by atoms with Gasteiger partial charge in [0.1, 0.15) is 11.6 Å². The van der Waals surface area contributed by atoms with Crippen molar-refractivity contribution < 1.29 is 5.11 Å². The van der Waals surface area contributed by atoms with Crippen LogP contribution in [0.5, 0.6) is 0 Å². The maximum absolute atomic E-state index is 9.61. The summed E-state index contributed by atoms with van der Waals surface area (Å²) < 4.78 is 1.53. The molecular weight excluding hydrogens is 354 g/mol. The molecule has 0 aromatic carbocycles. The van der Waals surface area contributed by atoms with Gasteiger partial charge in [-0.15, -0.1) is 0 Å². The Kier molecular flexibility index (Phi) is 4.40. The minimum Gasteiger partial charge on any atom is -0.395 e. The zero-order chi connectivity index (χ0) is 19.9. The van der Waals surface area contributed by atoms with Gasteiger partial charge in [0, 0.05) is 35.3 Å². The van der Waals surface area contributed by atoms with Crippen LogP contribution in [0.1, 0.15) is 35.5 Å². The number of aromatic nitrogens is 4. The lowest BCUT2D eigenvalue weighted by atomic mass is 10.0. The van der Waals surface area contributed by atoms with Crippen LogP contribution in [0.25, 0.3) is 10.5 Å². The van der Waals surface area contributed by atoms with Crippen LogP contribution < -0.4 is 11.1 Å². The summed E-state index contributed by atoms with van der Waals surface area (Å²) in [4.78, 5) is 12.8. The predicted octanol–water partition coefficient (Wildman–Crippen LogP) is 2.55. The second kappa shape index (κ2) is 6.77. The van der Waals surface area contributed by atoms with Crippen LogP contribution in [0.4, 0.5) is 17.3 Å². The topological polar surface area (TPSA) is 106 Å². The molecule has 28 heavy (non-hydrogen) atoms. The van der Waals surface area contributed by atoms with E-state index in [1.54, 1.807) is 0 Å². The molecule has 8 nitrogen and oxygen atoms in total. The fourth-order valence-corrected chi connectivity index (χ4v) is 3.38. The van der Waals surface area contributed by atoms with E-state index in [9.17, 15) is 5.11 Å². The lowest BCUT2D eigenvalue weighted by molar-refractivity contribution is 0.252. The Labute approximate surface area is 163 Å². The van der Waals surface area contributed by atoms with E-state index in [2.05, 4.69) is 20.2 Å². The molecule has 4 rings (SSSR count). The Morgan fingerprint density at radius 3 is 2.79 bits per heavy atom. The molecule has 0 spiro atoms. The van der Waals surface area contributed by atoms with Crippen LogP contribution in [0, 0.1) is 20.4 Å². The monoisotopic (exact) mass is 377 g/mol. The third-order valence-electron chi connectivity index (χ3n) is 5.53. The van der Waals surface area contributed by atoms with E-state index in [-0.39, 0.29) is 23.5 Å². The molecule has 0 amide bonds. The van der Waals surface area contributed by atoms with Gasteiger partial charge in [-0.3, -0.25) is 4.98 Å². The highest BCUT2D eigenvalue weighted by atomic mass is 16.3. The van der Waals surface area contributed by atoms with Gasteiger partial charge in [-0.1, -0.05) is 6.07 Å². The van der Waals surface area contributed by atoms with Crippen molar-refractivity contribution in [1.29, 1.82) is 0 Å². The van der Waals surface area contributed by atoms with Crippen molar-refractivity contribution in [2.45, 2.75) is 38.5 Å². The Morgan fingerprint density at radius 2 is 2.11 bits per heavy atom. The van der Waals surface area contributed by atoms with E-state index in [0.717, 1.165) is 35.5 Å². The molecule has 8 heteroatoms. The average molecular weight is 377 g/mol. The molecule has 1 fully saturated rings. The smallest absolute Gasteiger partial charge is 0.268 e. The predicted molar refractivity (Wildman–Crippen MR) is 108 cm³/mol. The molecule has 0 unspecified atom stereocenters. The van der Waals surface area contributed by atoms with Crippen LogP contribution >= 0.6 is 0 Å². The van der Waals surface area contributed by atoms with Crippen molar-refractivity contribution in [3.63, 3.8) is 0 Å². The first-order valence-corrected chi connectivity index (χ1v) is 9.33. The van der Waals surface area contributed by atoms with Crippen LogP contribution in [-0.2, 0) is 11.8 Å². The number of nitrogen functional groups attached to an aromatic ring is 1. The van der Waals surface area contributed by atoms with E-state index in [1.807, 2.05) is 32.0 Å². The van der Waals surface area contributed by atoms with Crippen molar-refractivity contribution in [3.05, 3.63) is 52.3 Å². The molecule has 0 aliphatic heterocycles. The Balaban J connectivity index is 1.54. The summed E-state index contributed by atoms with van der Waals surface area (Å²) in [7, 11) is 0. The van der Waals surface area contributed by atoms with E-state index in [1.165, 1.54) is 4.52 Å². The zero-order valence-electron chi connectivity index (χ0n) is 16.0. The number of pyridine rings is 1. The number of aryl methyl sites for hydroxylation is 2. The highest BCUT2D eigenvalue weighted by Gasteiger charge is 2.45. The molecule has 0 bridgehead atoms. The lowest BCUT2D eigenvalue weighted by Gasteiger charge is -2.13. The maximum Gasteiger partial charge on any atom is 0.268 e. The quantitative estimate of drug-likeness (QED) is 0.570. The minimum atomic E-state index is -0.140. The maximum atomic E-state index is 9.61. The van der Waals surface area contributed by atoms with Crippen LogP contribution in [0.3, 0.4) is 0 Å². The van der Waals surface area contributed by atoms with Gasteiger partial charge in [-0.25, -0.2) is 14.3 Å². The van der Waals surface area contributed by atoms with Crippen molar-refractivity contribution in [2.24, 2.45) is 0 Å². The number of hydrogen-bond acceptors (Lipinski definition) is 6. The summed E-state index contributed by atoms with van der Waals surface area (Å²) in [6.07, 6.45) is 2.65. The summed E-state index contributed by atoms with van der Waals surface area (Å²) in [5.41, 5.74) is 10.6. The molecule has 3 aromatic rings. The fraction of sp³-hybridized carbons (Fsp3) is 0.400. The van der Waals surface area contributed by atoms with Gasteiger partial charge in [0.2, 0.25) is 0 Å². The SMILES string of the molecule is [C-]#[N+]c1c(NCCc2cccc(C3(CO)CC3)n2)nc2c(C)c(C)nn2c1N. The zero-order valence-corrected chi connectivity index (χ0v) is 16.0. The van der Waals surface area contributed by atoms with Crippen molar-refractivity contribution >= 4 is 23.0 Å². The highest BCUT2D eigenvalue weighted by Crippen LogP contribution is 2.46. The number of nitrogens with one attached hydrogen (secondary N) is 1. The summed E-state index contributed by atoms with van der Waals surface area (Å²) in [6.45, 7) is 12.0. The number of hydrogen-bond donors (Lipinski definition) is 3. The van der Waals surface area contributed by atoms with Gasteiger partial charge >= 0.3 is 0 Å². The van der Waals surface area contributed by atoms with Crippen LogP contribution in [0.15, 0.2) is 18.2 Å². The number of rotatable bonds is 6. The molecule has 0 saturated heterocycles. The van der Waals surface area contributed by atoms with Crippen molar-refractivity contribution in [1.82, 2.24) is 19.6 Å². The van der Waals surface area contributed by atoms with Gasteiger partial charge in [0.15, 0.2) is 5.65 Å². The van der Waals surface area contributed by atoms with Gasteiger partial charge in [0.05, 0.1) is 18.9 Å². The largest absolute Gasteiger partial charge is 0.395 e. The molecule has 0 atom stereocenters. The normalized spacial score (nSPS) is 14.8. The highest BCUT2D eigenvalue weighted by molar-refractivity contribution is 5.80. The van der Waals surface area contributed by atoms with E-state index < -0.39 is 0 Å². The summed E-state index contributed by atoms with van der Waals surface area (Å²) in [5, 5.41) is 17.2. The summed E-state index contributed by atoms with van der Waals surface area (Å²) in [6, 6.07) is 5.95. The van der Waals surface area contributed by atoms with Crippen LogP contribution in [-0.4, -0.2) is 37.8 Å². The first-order chi connectivity index (χ1) is 13.5.